The van der Waals surface area contributed by atoms with Crippen LogP contribution in [0.15, 0.2) is 17.1 Å². The van der Waals surface area contributed by atoms with Gasteiger partial charge in [0, 0.05) is 12.7 Å². The number of aryl methyl sites for hydroxylation is 1. The third kappa shape index (κ3) is 2.01. The summed E-state index contributed by atoms with van der Waals surface area (Å²) in [5.74, 6) is 0.515. The molecule has 1 fully saturated rings. The quantitative estimate of drug-likeness (QED) is 0.805. The molecule has 1 aliphatic rings. The van der Waals surface area contributed by atoms with Gasteiger partial charge in [-0.3, -0.25) is 4.79 Å². The van der Waals surface area contributed by atoms with Crippen LogP contribution in [0.25, 0.3) is 0 Å². The number of pyridine rings is 1. The first-order valence-electron chi connectivity index (χ1n) is 5.05. The minimum Gasteiger partial charge on any atom is -0.506 e. The maximum atomic E-state index is 11.6. The van der Waals surface area contributed by atoms with E-state index in [1.807, 2.05) is 0 Å². The maximum absolute atomic E-state index is 11.6. The monoisotopic (exact) mass is 204 g/mol. The van der Waals surface area contributed by atoms with Crippen LogP contribution in [0.2, 0.25) is 0 Å². The summed E-state index contributed by atoms with van der Waals surface area (Å²) in [5.41, 5.74) is -0.550. The van der Waals surface area contributed by atoms with Gasteiger partial charge < -0.3 is 9.67 Å². The van der Waals surface area contributed by atoms with Gasteiger partial charge >= 0.3 is 0 Å². The number of aromatic nitrogens is 1. The molecule has 0 unspecified atom stereocenters. The molecule has 78 valence electrons. The minimum atomic E-state index is -0.391. The van der Waals surface area contributed by atoms with Gasteiger partial charge in [-0.2, -0.15) is 5.26 Å². The van der Waals surface area contributed by atoms with E-state index >= 15 is 0 Å². The molecule has 0 bridgehead atoms. The van der Waals surface area contributed by atoms with E-state index in [4.69, 9.17) is 5.26 Å². The van der Waals surface area contributed by atoms with Crippen LogP contribution in [0.4, 0.5) is 0 Å². The molecule has 1 aromatic heterocycles. The zero-order valence-corrected chi connectivity index (χ0v) is 8.31. The van der Waals surface area contributed by atoms with Crippen LogP contribution in [0.5, 0.6) is 5.75 Å². The van der Waals surface area contributed by atoms with Crippen LogP contribution in [-0.4, -0.2) is 9.67 Å². The number of nitriles is 1. The van der Waals surface area contributed by atoms with Crippen LogP contribution < -0.4 is 5.56 Å². The Kier molecular flexibility index (Phi) is 2.46. The first kappa shape index (κ1) is 9.78. The Bertz CT molecular complexity index is 466. The van der Waals surface area contributed by atoms with Crippen molar-refractivity contribution in [3.63, 3.8) is 0 Å². The second-order valence-electron chi connectivity index (χ2n) is 3.92. The molecular weight excluding hydrogens is 192 g/mol. The summed E-state index contributed by atoms with van der Waals surface area (Å²) in [5, 5.41) is 18.0. The van der Waals surface area contributed by atoms with Gasteiger partial charge in [-0.25, -0.2) is 0 Å². The smallest absolute Gasteiger partial charge is 0.272 e. The summed E-state index contributed by atoms with van der Waals surface area (Å²) >= 11 is 0. The van der Waals surface area contributed by atoms with Crippen molar-refractivity contribution in [3.05, 3.63) is 28.2 Å². The van der Waals surface area contributed by atoms with Crippen molar-refractivity contribution in [2.24, 2.45) is 5.92 Å². The van der Waals surface area contributed by atoms with Crippen LogP contribution in [0.1, 0.15) is 24.8 Å². The van der Waals surface area contributed by atoms with Crippen molar-refractivity contribution in [2.75, 3.05) is 0 Å². The molecule has 15 heavy (non-hydrogen) atoms. The molecule has 1 aliphatic carbocycles. The number of nitrogens with zero attached hydrogens (tertiary/aromatic N) is 2. The number of hydrogen-bond donors (Lipinski definition) is 1. The summed E-state index contributed by atoms with van der Waals surface area (Å²) in [7, 11) is 0. The van der Waals surface area contributed by atoms with Crippen molar-refractivity contribution < 1.29 is 5.11 Å². The average Bonchev–Trinajstić information content (AvgIpc) is 3.01. The average molecular weight is 204 g/mol. The lowest BCUT2D eigenvalue weighted by Gasteiger charge is -2.05. The molecule has 1 saturated carbocycles. The molecule has 0 saturated heterocycles. The number of hydrogen-bond acceptors (Lipinski definition) is 3. The van der Waals surface area contributed by atoms with Crippen LogP contribution >= 0.6 is 0 Å². The van der Waals surface area contributed by atoms with E-state index < -0.39 is 5.56 Å². The summed E-state index contributed by atoms with van der Waals surface area (Å²) in [4.78, 5) is 11.6. The molecule has 0 amide bonds. The van der Waals surface area contributed by atoms with Gasteiger partial charge in [0.1, 0.15) is 11.8 Å². The van der Waals surface area contributed by atoms with Gasteiger partial charge in [-0.05, 0) is 18.4 Å². The fraction of sp³-hybridized carbons (Fsp3) is 0.455. The first-order valence-corrected chi connectivity index (χ1v) is 5.05. The Morgan fingerprint density at radius 2 is 2.33 bits per heavy atom. The number of rotatable bonds is 3. The third-order valence-electron chi connectivity index (χ3n) is 2.73. The van der Waals surface area contributed by atoms with Crippen molar-refractivity contribution in [1.29, 1.82) is 5.26 Å². The molecule has 1 heterocycles. The Hall–Kier alpha value is -1.76. The summed E-state index contributed by atoms with van der Waals surface area (Å²) < 4.78 is 1.50. The van der Waals surface area contributed by atoms with Crippen molar-refractivity contribution in [2.45, 2.75) is 25.8 Å². The lowest BCUT2D eigenvalue weighted by Crippen LogP contribution is -2.22. The normalized spacial score (nSPS) is 14.9. The second-order valence-corrected chi connectivity index (χ2v) is 3.92. The van der Waals surface area contributed by atoms with Gasteiger partial charge in [-0.1, -0.05) is 12.8 Å². The molecule has 0 aliphatic heterocycles. The molecule has 0 atom stereocenters. The highest BCUT2D eigenvalue weighted by molar-refractivity contribution is 5.39. The molecule has 2 rings (SSSR count). The fourth-order valence-corrected chi connectivity index (χ4v) is 1.57. The van der Waals surface area contributed by atoms with E-state index in [9.17, 15) is 9.90 Å². The molecule has 0 spiro atoms. The molecule has 4 nitrogen and oxygen atoms in total. The summed E-state index contributed by atoms with van der Waals surface area (Å²) in [6.45, 7) is 0.637. The van der Waals surface area contributed by atoms with Crippen LogP contribution in [0.3, 0.4) is 0 Å². The number of aromatic hydroxyl groups is 1. The Morgan fingerprint density at radius 1 is 1.60 bits per heavy atom. The molecular formula is C11H12N2O2. The molecule has 0 radical (unpaired) electrons. The summed E-state index contributed by atoms with van der Waals surface area (Å²) in [6.07, 6.45) is 5.02. The fourth-order valence-electron chi connectivity index (χ4n) is 1.57. The SMILES string of the molecule is N#Cc1c(O)ccn(CCC2CC2)c1=O. The highest BCUT2D eigenvalue weighted by Crippen LogP contribution is 2.32. The van der Waals surface area contributed by atoms with E-state index in [-0.39, 0.29) is 11.3 Å². The Labute approximate surface area is 87.4 Å². The zero-order chi connectivity index (χ0) is 10.8. The highest BCUT2D eigenvalue weighted by Gasteiger charge is 2.21. The lowest BCUT2D eigenvalue weighted by atomic mass is 10.2. The van der Waals surface area contributed by atoms with Gasteiger partial charge in [0.2, 0.25) is 0 Å². The van der Waals surface area contributed by atoms with E-state index in [0.29, 0.717) is 6.54 Å². The molecule has 1 N–H and O–H groups in total. The standard InChI is InChI=1S/C11H12N2O2/c12-7-9-10(14)4-6-13(11(9)15)5-3-8-1-2-8/h4,6,8,14H,1-3,5H2. The summed E-state index contributed by atoms with van der Waals surface area (Å²) in [6, 6.07) is 3.12. The van der Waals surface area contributed by atoms with Crippen molar-refractivity contribution in [3.8, 4) is 11.8 Å². The minimum absolute atomic E-state index is 0.159. The topological polar surface area (TPSA) is 66.0 Å². The molecule has 1 aromatic rings. The predicted octanol–water partition coefficient (Wildman–Crippen LogP) is 1.23. The largest absolute Gasteiger partial charge is 0.506 e. The van der Waals surface area contributed by atoms with E-state index in [0.717, 1.165) is 12.3 Å². The van der Waals surface area contributed by atoms with Gasteiger partial charge in [-0.15, -0.1) is 0 Å². The van der Waals surface area contributed by atoms with E-state index in [1.54, 1.807) is 12.3 Å². The van der Waals surface area contributed by atoms with E-state index in [1.165, 1.54) is 23.5 Å². The lowest BCUT2D eigenvalue weighted by molar-refractivity contribution is 0.467. The Morgan fingerprint density at radius 3 is 2.93 bits per heavy atom. The third-order valence-corrected chi connectivity index (χ3v) is 2.73. The van der Waals surface area contributed by atoms with Crippen molar-refractivity contribution >= 4 is 0 Å². The Balaban J connectivity index is 2.24. The van der Waals surface area contributed by atoms with Gasteiger partial charge in [0.25, 0.3) is 5.56 Å². The molecule has 4 heteroatoms. The van der Waals surface area contributed by atoms with Gasteiger partial charge in [0.15, 0.2) is 5.56 Å². The molecule has 0 aromatic carbocycles. The van der Waals surface area contributed by atoms with Crippen LogP contribution in [0, 0.1) is 17.2 Å². The predicted molar refractivity (Wildman–Crippen MR) is 54.4 cm³/mol. The van der Waals surface area contributed by atoms with Gasteiger partial charge in [0.05, 0.1) is 0 Å². The first-order chi connectivity index (χ1) is 7.22. The maximum Gasteiger partial charge on any atom is 0.272 e. The zero-order valence-electron chi connectivity index (χ0n) is 8.31. The highest BCUT2D eigenvalue weighted by atomic mass is 16.3. The second kappa shape index (κ2) is 3.77. The van der Waals surface area contributed by atoms with Crippen LogP contribution in [-0.2, 0) is 6.54 Å². The van der Waals surface area contributed by atoms with Crippen molar-refractivity contribution in [1.82, 2.24) is 4.57 Å². The van der Waals surface area contributed by atoms with E-state index in [2.05, 4.69) is 0 Å².